The molecule has 0 saturated heterocycles. The number of aromatic nitrogens is 2. The third-order valence-electron chi connectivity index (χ3n) is 3.39. The van der Waals surface area contributed by atoms with Gasteiger partial charge in [0.1, 0.15) is 12.4 Å². The van der Waals surface area contributed by atoms with Gasteiger partial charge in [-0.3, -0.25) is 4.79 Å². The molecule has 7 heteroatoms. The Bertz CT molecular complexity index is 886. The summed E-state index contributed by atoms with van der Waals surface area (Å²) in [5, 5.41) is 16.8. The number of carbonyl (C=O) groups is 1. The third kappa shape index (κ3) is 4.62. The van der Waals surface area contributed by atoms with Gasteiger partial charge in [0.15, 0.2) is 5.69 Å². The van der Waals surface area contributed by atoms with Crippen molar-refractivity contribution in [2.45, 2.75) is 13.0 Å². The molecule has 1 amide bonds. The van der Waals surface area contributed by atoms with Gasteiger partial charge >= 0.3 is 0 Å². The van der Waals surface area contributed by atoms with Crippen LogP contribution < -0.4 is 10.1 Å². The molecule has 0 unspecified atom stereocenters. The van der Waals surface area contributed by atoms with E-state index in [0.29, 0.717) is 24.4 Å². The molecule has 0 bridgehead atoms. The molecule has 0 radical (unpaired) electrons. The number of nitrogens with one attached hydrogen (secondary N) is 1. The van der Waals surface area contributed by atoms with Crippen LogP contribution in [0.25, 0.3) is 0 Å². The normalized spacial score (nSPS) is 10.0. The summed E-state index contributed by atoms with van der Waals surface area (Å²) >= 11 is 1.13. The van der Waals surface area contributed by atoms with Crippen LogP contribution in [-0.4, -0.2) is 15.5 Å². The fourth-order valence-electron chi connectivity index (χ4n) is 2.16. The largest absolute Gasteiger partial charge is 0.489 e. The van der Waals surface area contributed by atoms with E-state index in [4.69, 9.17) is 10.00 Å². The Hall–Kier alpha value is -3.24. The van der Waals surface area contributed by atoms with E-state index < -0.39 is 0 Å². The number of hydrogen-bond donors (Lipinski definition) is 1. The van der Waals surface area contributed by atoms with Crippen LogP contribution in [0.2, 0.25) is 0 Å². The van der Waals surface area contributed by atoms with Crippen LogP contribution in [0.15, 0.2) is 53.9 Å². The van der Waals surface area contributed by atoms with Crippen LogP contribution in [0.4, 0.5) is 5.69 Å². The molecule has 1 N–H and O–H groups in total. The van der Waals surface area contributed by atoms with Gasteiger partial charge in [-0.1, -0.05) is 28.8 Å². The number of ether oxygens (including phenoxy) is 1. The second-order valence-electron chi connectivity index (χ2n) is 5.21. The highest BCUT2D eigenvalue weighted by atomic mass is 32.1. The summed E-state index contributed by atoms with van der Waals surface area (Å²) in [7, 11) is 0. The molecule has 25 heavy (non-hydrogen) atoms. The summed E-state index contributed by atoms with van der Waals surface area (Å²) in [5.41, 5.74) is 2.85. The molecule has 1 aromatic heterocycles. The number of amides is 1. The predicted octanol–water partition coefficient (Wildman–Crippen LogP) is 3.44. The zero-order valence-electron chi connectivity index (χ0n) is 13.2. The minimum absolute atomic E-state index is 0.292. The van der Waals surface area contributed by atoms with Gasteiger partial charge in [0.2, 0.25) is 0 Å². The molecule has 0 aliphatic rings. The van der Waals surface area contributed by atoms with Crippen LogP contribution in [0.5, 0.6) is 5.75 Å². The molecule has 0 atom stereocenters. The summed E-state index contributed by atoms with van der Waals surface area (Å²) in [6.45, 7) is 0.375. The zero-order valence-corrected chi connectivity index (χ0v) is 14.0. The molecule has 0 aliphatic heterocycles. The van der Waals surface area contributed by atoms with Crippen molar-refractivity contribution in [3.05, 3.63) is 70.7 Å². The van der Waals surface area contributed by atoms with E-state index in [2.05, 4.69) is 21.0 Å². The van der Waals surface area contributed by atoms with Crippen molar-refractivity contribution in [2.24, 2.45) is 0 Å². The van der Waals surface area contributed by atoms with E-state index in [1.54, 1.807) is 11.4 Å². The quantitative estimate of drug-likeness (QED) is 0.736. The number of rotatable bonds is 6. The summed E-state index contributed by atoms with van der Waals surface area (Å²) in [6, 6.07) is 17.0. The van der Waals surface area contributed by atoms with Gasteiger partial charge in [0, 0.05) is 11.1 Å². The topological polar surface area (TPSA) is 87.9 Å². The van der Waals surface area contributed by atoms with E-state index >= 15 is 0 Å². The first-order chi connectivity index (χ1) is 12.2. The highest BCUT2D eigenvalue weighted by Crippen LogP contribution is 2.17. The molecule has 3 rings (SSSR count). The van der Waals surface area contributed by atoms with Gasteiger partial charge < -0.3 is 10.1 Å². The Balaban J connectivity index is 1.60. The minimum Gasteiger partial charge on any atom is -0.489 e. The molecule has 3 aromatic rings. The molecule has 0 saturated carbocycles. The Kier molecular flexibility index (Phi) is 5.34. The number of anilines is 1. The van der Waals surface area contributed by atoms with Gasteiger partial charge in [-0.2, -0.15) is 5.26 Å². The maximum Gasteiger partial charge on any atom is 0.277 e. The number of benzene rings is 2. The Morgan fingerprint density at radius 1 is 1.20 bits per heavy atom. The van der Waals surface area contributed by atoms with Gasteiger partial charge in [-0.15, -0.1) is 5.10 Å². The minimum atomic E-state index is -0.292. The van der Waals surface area contributed by atoms with Crippen LogP contribution in [0.3, 0.4) is 0 Å². The molecule has 6 nitrogen and oxygen atoms in total. The number of nitrogens with zero attached hydrogens (tertiary/aromatic N) is 3. The van der Waals surface area contributed by atoms with E-state index in [1.807, 2.05) is 42.5 Å². The van der Waals surface area contributed by atoms with Gasteiger partial charge in [0.25, 0.3) is 5.91 Å². The molecule has 124 valence electrons. The fourth-order valence-corrected chi connectivity index (χ4v) is 2.60. The average molecular weight is 350 g/mol. The fraction of sp³-hybridized carbons (Fsp3) is 0.111. The Labute approximate surface area is 148 Å². The molecule has 0 spiro atoms. The smallest absolute Gasteiger partial charge is 0.277 e. The van der Waals surface area contributed by atoms with Crippen LogP contribution in [-0.2, 0) is 13.0 Å². The lowest BCUT2D eigenvalue weighted by Gasteiger charge is -2.09. The van der Waals surface area contributed by atoms with E-state index in [9.17, 15) is 4.79 Å². The average Bonchev–Trinajstić information content (AvgIpc) is 3.17. The number of hydrogen-bond acceptors (Lipinski definition) is 6. The van der Waals surface area contributed by atoms with Crippen molar-refractivity contribution in [2.75, 3.05) is 5.32 Å². The summed E-state index contributed by atoms with van der Waals surface area (Å²) < 4.78 is 9.42. The molecule has 1 heterocycles. The first-order valence-electron chi connectivity index (χ1n) is 7.50. The maximum absolute atomic E-state index is 12.0. The summed E-state index contributed by atoms with van der Waals surface area (Å²) in [4.78, 5) is 12.0. The zero-order chi connectivity index (χ0) is 17.5. The monoisotopic (exact) mass is 350 g/mol. The molecule has 2 aromatic carbocycles. The first kappa shape index (κ1) is 16.6. The van der Waals surface area contributed by atoms with Crippen molar-refractivity contribution < 1.29 is 9.53 Å². The van der Waals surface area contributed by atoms with Crippen molar-refractivity contribution in [3.63, 3.8) is 0 Å². The van der Waals surface area contributed by atoms with Crippen LogP contribution >= 0.6 is 11.5 Å². The van der Waals surface area contributed by atoms with Crippen molar-refractivity contribution in [1.29, 1.82) is 5.26 Å². The standard InChI is InChI=1S/C18H14N4O2S/c19-9-8-13-4-6-16(7-5-13)24-11-14-2-1-3-15(10-14)20-18(23)17-12-25-22-21-17/h1-7,10,12H,8,11H2,(H,20,23). The lowest BCUT2D eigenvalue weighted by molar-refractivity contribution is 0.102. The van der Waals surface area contributed by atoms with E-state index in [-0.39, 0.29) is 5.91 Å². The van der Waals surface area contributed by atoms with E-state index in [1.165, 1.54) is 0 Å². The van der Waals surface area contributed by atoms with Crippen LogP contribution in [0.1, 0.15) is 21.6 Å². The highest BCUT2D eigenvalue weighted by Gasteiger charge is 2.09. The summed E-state index contributed by atoms with van der Waals surface area (Å²) in [6.07, 6.45) is 0.385. The highest BCUT2D eigenvalue weighted by molar-refractivity contribution is 7.03. The number of carbonyl (C=O) groups excluding carboxylic acids is 1. The van der Waals surface area contributed by atoms with E-state index in [0.717, 1.165) is 28.4 Å². The van der Waals surface area contributed by atoms with Crippen LogP contribution in [0, 0.1) is 11.3 Å². The third-order valence-corrected chi connectivity index (χ3v) is 3.89. The Morgan fingerprint density at radius 3 is 2.76 bits per heavy atom. The Morgan fingerprint density at radius 2 is 2.04 bits per heavy atom. The van der Waals surface area contributed by atoms with Gasteiger partial charge in [-0.05, 0) is 46.9 Å². The predicted molar refractivity (Wildman–Crippen MR) is 94.4 cm³/mol. The second-order valence-corrected chi connectivity index (χ2v) is 5.82. The molecular weight excluding hydrogens is 336 g/mol. The molecular formula is C18H14N4O2S. The lowest BCUT2D eigenvalue weighted by Crippen LogP contribution is -2.12. The molecule has 0 fully saturated rings. The maximum atomic E-state index is 12.0. The van der Waals surface area contributed by atoms with Crippen molar-refractivity contribution in [1.82, 2.24) is 9.59 Å². The second kappa shape index (κ2) is 8.04. The number of nitriles is 1. The van der Waals surface area contributed by atoms with Gasteiger partial charge in [-0.25, -0.2) is 0 Å². The van der Waals surface area contributed by atoms with Gasteiger partial charge in [0.05, 0.1) is 12.5 Å². The van der Waals surface area contributed by atoms with Crippen molar-refractivity contribution in [3.8, 4) is 11.8 Å². The summed E-state index contributed by atoms with van der Waals surface area (Å²) in [5.74, 6) is 0.435. The lowest BCUT2D eigenvalue weighted by atomic mass is 10.1. The first-order valence-corrected chi connectivity index (χ1v) is 8.34. The van der Waals surface area contributed by atoms with Crippen molar-refractivity contribution >= 4 is 23.1 Å². The SMILES string of the molecule is N#CCc1ccc(OCc2cccc(NC(=O)c3csnn3)c2)cc1. The molecule has 0 aliphatic carbocycles.